The number of hydrogen-bond donors (Lipinski definition) is 0. The number of esters is 2. The molecule has 0 heterocycles. The van der Waals surface area contributed by atoms with E-state index in [4.69, 9.17) is 0 Å². The third kappa shape index (κ3) is 17.6. The third-order valence-corrected chi connectivity index (χ3v) is 9.18. The second-order valence-electron chi connectivity index (χ2n) is 16.0. The van der Waals surface area contributed by atoms with Crippen molar-refractivity contribution in [2.75, 3.05) is 26.4 Å². The average Bonchev–Trinajstić information content (AvgIpc) is 3.12. The van der Waals surface area contributed by atoms with E-state index in [0.29, 0.717) is 0 Å². The highest BCUT2D eigenvalue weighted by Crippen LogP contribution is 2.62. The molecule has 0 aliphatic heterocycles. The van der Waals surface area contributed by atoms with E-state index in [2.05, 4.69) is 33.2 Å². The summed E-state index contributed by atoms with van der Waals surface area (Å²) >= 11 is 0. The minimum absolute atomic E-state index is 0.119. The van der Waals surface area contributed by atoms with Gasteiger partial charge in [-0.05, 0) is 6.42 Å². The summed E-state index contributed by atoms with van der Waals surface area (Å²) in [5, 5.41) is 0. The summed E-state index contributed by atoms with van der Waals surface area (Å²) in [7, 11) is 0. The summed E-state index contributed by atoms with van der Waals surface area (Å²) in [5.41, 5.74) is -4.52. The minimum Gasteiger partial charge on any atom is -0.461 e. The molecule has 72 heavy (non-hydrogen) atoms. The van der Waals surface area contributed by atoms with E-state index in [9.17, 15) is 133 Å². The molecule has 2 saturated carbocycles. The van der Waals surface area contributed by atoms with Crippen LogP contribution in [-0.2, 0) is 42.7 Å². The maximum absolute atomic E-state index is 15.3. The van der Waals surface area contributed by atoms with E-state index in [-0.39, 0.29) is 6.92 Å². The Labute approximate surface area is 379 Å². The Kier molecular flexibility index (Phi) is 18.6. The molecule has 0 aromatic heterocycles. The molecule has 0 amide bonds. The zero-order valence-corrected chi connectivity index (χ0v) is 34.7. The van der Waals surface area contributed by atoms with Gasteiger partial charge < -0.3 is 28.4 Å². The van der Waals surface area contributed by atoms with Gasteiger partial charge in [0.15, 0.2) is 18.4 Å². The summed E-state index contributed by atoms with van der Waals surface area (Å²) in [4.78, 5) is 23.1. The van der Waals surface area contributed by atoms with Crippen LogP contribution in [0.15, 0.2) is 0 Å². The molecule has 2 aliphatic carbocycles. The summed E-state index contributed by atoms with van der Waals surface area (Å²) in [6.45, 7) is -10.8. The lowest BCUT2D eigenvalue weighted by Crippen LogP contribution is -2.73. The van der Waals surface area contributed by atoms with Crippen LogP contribution in [0, 0.1) is 0 Å². The highest BCUT2D eigenvalue weighted by molar-refractivity contribution is 5.78. The zero-order chi connectivity index (χ0) is 56.8. The zero-order valence-electron chi connectivity index (χ0n) is 34.7. The van der Waals surface area contributed by atoms with Crippen LogP contribution in [0.3, 0.4) is 0 Å². The van der Waals surface area contributed by atoms with Crippen molar-refractivity contribution in [3.05, 3.63) is 0 Å². The van der Waals surface area contributed by atoms with Crippen molar-refractivity contribution in [1.82, 2.24) is 0 Å². The van der Waals surface area contributed by atoms with Crippen LogP contribution < -0.4 is 0 Å². The summed E-state index contributed by atoms with van der Waals surface area (Å²) in [6.07, 6.45) is -70.2. The Morgan fingerprint density at radius 2 is 1.10 bits per heavy atom. The standard InChI is InChI=1S/C33H30F30O9/c1-19(34,35)11-68-30(56,33(61,62)63)18(65)66-5-4-21(37,38)3-2-20(36)7-25(45,46)32(20,60)69-13-23(41,42)9-27(50,51)70-14-6-24(43,44)15(14)71-28(52,53)8-22(39,40)12-67-17(64)16(31(57,58)59)72-29(54,55)10-26(47,48)49/h14-16H,2-13H2,1H3. The van der Waals surface area contributed by atoms with Crippen LogP contribution in [0.1, 0.15) is 58.3 Å². The molecule has 2 fully saturated rings. The lowest BCUT2D eigenvalue weighted by atomic mass is 9.69. The summed E-state index contributed by atoms with van der Waals surface area (Å²) < 4.78 is 435. The van der Waals surface area contributed by atoms with E-state index in [0.717, 1.165) is 0 Å². The molecule has 0 saturated heterocycles. The smallest absolute Gasteiger partial charge is 0.460 e. The lowest BCUT2D eigenvalue weighted by Gasteiger charge is -2.53. The van der Waals surface area contributed by atoms with Gasteiger partial charge in [-0.1, -0.05) is 0 Å². The monoisotopic (exact) mass is 1140 g/mol. The van der Waals surface area contributed by atoms with Gasteiger partial charge in [-0.25, -0.2) is 62.3 Å². The Balaban J connectivity index is 2.07. The predicted molar refractivity (Wildman–Crippen MR) is 165 cm³/mol. The molecule has 0 radical (unpaired) electrons. The normalized spacial score (nSPS) is 25.0. The molecule has 0 bridgehead atoms. The summed E-state index contributed by atoms with van der Waals surface area (Å²) in [5.74, 6) is -48.0. The molecular weight excluding hydrogens is 1110 g/mol. The first kappa shape index (κ1) is 64.8. The quantitative estimate of drug-likeness (QED) is 0.0588. The van der Waals surface area contributed by atoms with E-state index in [1.165, 1.54) is 0 Å². The van der Waals surface area contributed by atoms with Gasteiger partial charge in [-0.15, -0.1) is 0 Å². The van der Waals surface area contributed by atoms with Gasteiger partial charge in [0.2, 0.25) is 0 Å². The number of alkyl halides is 30. The van der Waals surface area contributed by atoms with Crippen molar-refractivity contribution in [1.29, 1.82) is 0 Å². The molecular formula is C33H30F30O9. The number of rotatable bonds is 27. The first-order valence-corrected chi connectivity index (χ1v) is 18.8. The number of ether oxygens (including phenoxy) is 7. The van der Waals surface area contributed by atoms with Gasteiger partial charge in [0.1, 0.15) is 38.6 Å². The summed E-state index contributed by atoms with van der Waals surface area (Å²) in [6, 6.07) is 0. The molecule has 0 aromatic carbocycles. The molecule has 0 N–H and O–H groups in total. The number of halogens is 30. The van der Waals surface area contributed by atoms with Crippen molar-refractivity contribution in [2.45, 2.75) is 166 Å². The topological polar surface area (TPSA) is 98.8 Å². The van der Waals surface area contributed by atoms with Crippen LogP contribution in [0.5, 0.6) is 0 Å². The number of hydrogen-bond acceptors (Lipinski definition) is 9. The highest BCUT2D eigenvalue weighted by atomic mass is 19.4. The molecule has 9 nitrogen and oxygen atoms in total. The molecule has 39 heteroatoms. The van der Waals surface area contributed by atoms with Crippen LogP contribution in [0.2, 0.25) is 0 Å². The van der Waals surface area contributed by atoms with Crippen molar-refractivity contribution in [3.8, 4) is 0 Å². The van der Waals surface area contributed by atoms with Gasteiger partial charge in [-0.2, -0.15) is 79.0 Å². The molecule has 6 unspecified atom stereocenters. The van der Waals surface area contributed by atoms with E-state index < -0.39 is 198 Å². The molecule has 0 aromatic rings. The van der Waals surface area contributed by atoms with Crippen molar-refractivity contribution in [3.63, 3.8) is 0 Å². The fraction of sp³-hybridized carbons (Fsp3) is 0.939. The van der Waals surface area contributed by atoms with Gasteiger partial charge >= 0.3 is 66.4 Å². The average molecular weight is 1140 g/mol. The van der Waals surface area contributed by atoms with Crippen molar-refractivity contribution >= 4 is 11.9 Å². The van der Waals surface area contributed by atoms with Gasteiger partial charge in [0.05, 0.1) is 13.0 Å². The van der Waals surface area contributed by atoms with E-state index in [1.54, 1.807) is 0 Å². The second-order valence-corrected chi connectivity index (χ2v) is 16.0. The first-order chi connectivity index (χ1) is 31.5. The maximum atomic E-state index is 15.3. The Bertz CT molecular complexity index is 1850. The first-order valence-electron chi connectivity index (χ1n) is 18.8. The van der Waals surface area contributed by atoms with E-state index >= 15 is 8.78 Å². The van der Waals surface area contributed by atoms with Crippen LogP contribution >= 0.6 is 0 Å². The lowest BCUT2D eigenvalue weighted by molar-refractivity contribution is -0.420. The Morgan fingerprint density at radius 3 is 1.54 bits per heavy atom. The predicted octanol–water partition coefficient (Wildman–Crippen LogP) is 11.7. The van der Waals surface area contributed by atoms with Gasteiger partial charge in [0, 0.05) is 26.2 Å². The fourth-order valence-corrected chi connectivity index (χ4v) is 5.88. The molecule has 426 valence electrons. The molecule has 6 atom stereocenters. The van der Waals surface area contributed by atoms with Gasteiger partial charge in [-0.3, -0.25) is 4.74 Å². The van der Waals surface area contributed by atoms with Crippen LogP contribution in [0.4, 0.5) is 132 Å². The Morgan fingerprint density at radius 1 is 0.597 bits per heavy atom. The number of carbonyl (C=O) groups is 2. The largest absolute Gasteiger partial charge is 0.461 e. The minimum atomic E-state index is -6.49. The maximum Gasteiger partial charge on any atom is 0.460 e. The highest BCUT2D eigenvalue weighted by Gasteiger charge is 2.82. The van der Waals surface area contributed by atoms with Crippen LogP contribution in [0.25, 0.3) is 0 Å². The Hall–Kier alpha value is -3.36. The molecule has 0 spiro atoms. The van der Waals surface area contributed by atoms with E-state index in [1.807, 2.05) is 0 Å². The van der Waals surface area contributed by atoms with Crippen molar-refractivity contribution < 1.29 is 174 Å². The van der Waals surface area contributed by atoms with Crippen molar-refractivity contribution in [2.24, 2.45) is 0 Å². The molecule has 2 aliphatic rings. The number of carbonyl (C=O) groups excluding carboxylic acids is 2. The van der Waals surface area contributed by atoms with Gasteiger partial charge in [0.25, 0.3) is 35.7 Å². The fourth-order valence-electron chi connectivity index (χ4n) is 5.88. The molecule has 2 rings (SSSR count). The van der Waals surface area contributed by atoms with Crippen LogP contribution in [-0.4, -0.2) is 146 Å². The second kappa shape index (κ2) is 20.6. The SMILES string of the molecule is CC(F)(F)COC(F)(C(=O)OCCC(F)(F)CCC1(F)CC(F)(F)C1(F)OCC(F)(F)CC(F)(F)OC1CC(F)(F)C1OC(F)(F)CC(F)(F)COC(=O)C(OC(F)(F)CC(F)(F)F)C(F)(F)F)C(F)(F)F. The third-order valence-electron chi connectivity index (χ3n) is 9.18.